The van der Waals surface area contributed by atoms with E-state index in [9.17, 15) is 8.78 Å². The van der Waals surface area contributed by atoms with Crippen LogP contribution in [0.1, 0.15) is 11.1 Å². The number of anilines is 1. The van der Waals surface area contributed by atoms with Crippen LogP contribution in [0, 0.1) is 17.0 Å². The Labute approximate surface area is 136 Å². The summed E-state index contributed by atoms with van der Waals surface area (Å²) in [4.78, 5) is 3.96. The Balaban J connectivity index is 1.93. The molecule has 0 amide bonds. The van der Waals surface area contributed by atoms with E-state index in [1.165, 1.54) is 30.6 Å². The number of allylic oxidation sites excluding steroid dienone is 1. The summed E-state index contributed by atoms with van der Waals surface area (Å²) < 4.78 is 26.9. The van der Waals surface area contributed by atoms with Crippen LogP contribution in [-0.4, -0.2) is 20.9 Å². The summed E-state index contributed by atoms with van der Waals surface area (Å²) in [5, 5.41) is 14.5. The quantitative estimate of drug-likeness (QED) is 0.507. The van der Waals surface area contributed by atoms with E-state index in [0.717, 1.165) is 0 Å². The summed E-state index contributed by atoms with van der Waals surface area (Å²) >= 11 is 0. The van der Waals surface area contributed by atoms with E-state index in [2.05, 4.69) is 15.2 Å². The molecule has 0 aliphatic heterocycles. The summed E-state index contributed by atoms with van der Waals surface area (Å²) in [6.45, 7) is 0. The Morgan fingerprint density at radius 2 is 1.92 bits per heavy atom. The van der Waals surface area contributed by atoms with Gasteiger partial charge in [-0.3, -0.25) is 5.10 Å². The predicted molar refractivity (Wildman–Crippen MR) is 88.5 cm³/mol. The second kappa shape index (κ2) is 6.41. The third-order valence-electron chi connectivity index (χ3n) is 3.42. The molecule has 0 radical (unpaired) electrons. The number of rotatable bonds is 4. The van der Waals surface area contributed by atoms with Crippen molar-refractivity contribution >= 4 is 17.5 Å². The Hall–Kier alpha value is -3.35. The van der Waals surface area contributed by atoms with Gasteiger partial charge in [-0.1, -0.05) is 18.2 Å². The highest BCUT2D eigenvalue weighted by molar-refractivity contribution is 6.12. The molecule has 0 fully saturated rings. The zero-order chi connectivity index (χ0) is 17.1. The van der Waals surface area contributed by atoms with E-state index < -0.39 is 5.82 Å². The highest BCUT2D eigenvalue weighted by Crippen LogP contribution is 2.25. The number of hydrogen-bond acceptors (Lipinski definition) is 4. The first kappa shape index (κ1) is 15.5. The molecule has 0 saturated heterocycles. The van der Waals surface area contributed by atoms with Crippen LogP contribution in [0.2, 0.25) is 0 Å². The molecular formula is C17H13F2N5. The number of nitrogen functional groups attached to an aromatic ring is 1. The summed E-state index contributed by atoms with van der Waals surface area (Å²) in [6.07, 6.45) is 4.41. The van der Waals surface area contributed by atoms with Crippen molar-refractivity contribution in [3.05, 3.63) is 71.6 Å². The van der Waals surface area contributed by atoms with E-state index in [4.69, 9.17) is 11.1 Å². The Morgan fingerprint density at radius 1 is 1.17 bits per heavy atom. The van der Waals surface area contributed by atoms with Gasteiger partial charge in [0.15, 0.2) is 5.82 Å². The van der Waals surface area contributed by atoms with Gasteiger partial charge in [0.1, 0.15) is 18.0 Å². The Morgan fingerprint density at radius 3 is 2.58 bits per heavy atom. The van der Waals surface area contributed by atoms with Crippen molar-refractivity contribution in [3.8, 4) is 11.4 Å². The van der Waals surface area contributed by atoms with Gasteiger partial charge in [-0.05, 0) is 35.9 Å². The minimum Gasteiger partial charge on any atom is -0.396 e. The van der Waals surface area contributed by atoms with Crippen LogP contribution in [-0.2, 0) is 0 Å². The largest absolute Gasteiger partial charge is 0.396 e. The molecule has 0 atom stereocenters. The molecule has 0 aliphatic rings. The van der Waals surface area contributed by atoms with Crippen LogP contribution < -0.4 is 5.73 Å². The fourth-order valence-corrected chi connectivity index (χ4v) is 2.17. The first-order valence-corrected chi connectivity index (χ1v) is 7.02. The second-order valence-electron chi connectivity index (χ2n) is 5.05. The van der Waals surface area contributed by atoms with Crippen molar-refractivity contribution in [1.82, 2.24) is 15.2 Å². The van der Waals surface area contributed by atoms with Crippen LogP contribution in [0.5, 0.6) is 0 Å². The molecule has 3 aromatic rings. The SMILES string of the molecule is N=C(/C=C/c1ccc(F)cc1)c1cc(-c2ncn[nH]2)cc(F)c1N. The van der Waals surface area contributed by atoms with Crippen molar-refractivity contribution in [2.75, 3.05) is 5.73 Å². The number of hydrogen-bond donors (Lipinski definition) is 3. The molecule has 2 aromatic carbocycles. The van der Waals surface area contributed by atoms with Gasteiger partial charge < -0.3 is 11.1 Å². The third-order valence-corrected chi connectivity index (χ3v) is 3.42. The van der Waals surface area contributed by atoms with Gasteiger partial charge >= 0.3 is 0 Å². The minimum atomic E-state index is -0.640. The highest BCUT2D eigenvalue weighted by Gasteiger charge is 2.13. The molecule has 0 aliphatic carbocycles. The van der Waals surface area contributed by atoms with Crippen LogP contribution in [0.4, 0.5) is 14.5 Å². The van der Waals surface area contributed by atoms with Gasteiger partial charge in [0.2, 0.25) is 0 Å². The smallest absolute Gasteiger partial charge is 0.155 e. The molecule has 24 heavy (non-hydrogen) atoms. The number of H-pyrrole nitrogens is 1. The second-order valence-corrected chi connectivity index (χ2v) is 5.05. The zero-order valence-corrected chi connectivity index (χ0v) is 12.4. The first-order chi connectivity index (χ1) is 11.5. The Bertz CT molecular complexity index is 899. The Kier molecular flexibility index (Phi) is 4.15. The summed E-state index contributed by atoms with van der Waals surface area (Å²) in [5.74, 6) is -0.599. The molecule has 120 valence electrons. The normalized spacial score (nSPS) is 11.1. The van der Waals surface area contributed by atoms with E-state index in [0.29, 0.717) is 17.0 Å². The van der Waals surface area contributed by atoms with Crippen molar-refractivity contribution in [2.45, 2.75) is 0 Å². The molecule has 1 aromatic heterocycles. The van der Waals surface area contributed by atoms with Crippen LogP contribution >= 0.6 is 0 Å². The maximum absolute atomic E-state index is 14.1. The van der Waals surface area contributed by atoms with Crippen molar-refractivity contribution in [1.29, 1.82) is 5.41 Å². The highest BCUT2D eigenvalue weighted by atomic mass is 19.1. The molecule has 0 unspecified atom stereocenters. The van der Waals surface area contributed by atoms with Gasteiger partial charge in [0.05, 0.1) is 11.4 Å². The molecule has 0 bridgehead atoms. The number of aromatic nitrogens is 3. The van der Waals surface area contributed by atoms with E-state index >= 15 is 0 Å². The number of benzene rings is 2. The van der Waals surface area contributed by atoms with Crippen molar-refractivity contribution < 1.29 is 8.78 Å². The van der Waals surface area contributed by atoms with Gasteiger partial charge in [0.25, 0.3) is 0 Å². The maximum Gasteiger partial charge on any atom is 0.155 e. The molecule has 7 heteroatoms. The summed E-state index contributed by atoms with van der Waals surface area (Å²) in [5.41, 5.74) is 7.04. The van der Waals surface area contributed by atoms with Gasteiger partial charge in [-0.15, -0.1) is 0 Å². The standard InChI is InChI=1S/C17H13F2N5/c18-12-4-1-10(2-5-12)3-6-15(20)13-7-11(8-14(19)16(13)21)17-22-9-23-24-17/h1-9,20H,21H2,(H,22,23,24)/b6-3+,20-15?. The summed E-state index contributed by atoms with van der Waals surface area (Å²) in [7, 11) is 0. The summed E-state index contributed by atoms with van der Waals surface area (Å²) in [6, 6.07) is 8.60. The van der Waals surface area contributed by atoms with Crippen LogP contribution in [0.25, 0.3) is 17.5 Å². The van der Waals surface area contributed by atoms with E-state index in [-0.39, 0.29) is 22.8 Å². The third kappa shape index (κ3) is 3.19. The molecule has 1 heterocycles. The average Bonchev–Trinajstić information content (AvgIpc) is 3.11. The van der Waals surface area contributed by atoms with E-state index in [1.807, 2.05) is 0 Å². The zero-order valence-electron chi connectivity index (χ0n) is 12.4. The number of halogens is 2. The lowest BCUT2D eigenvalue weighted by atomic mass is 10.0. The fourth-order valence-electron chi connectivity index (χ4n) is 2.17. The number of nitrogens with one attached hydrogen (secondary N) is 2. The van der Waals surface area contributed by atoms with Crippen molar-refractivity contribution in [2.24, 2.45) is 0 Å². The van der Waals surface area contributed by atoms with Gasteiger partial charge in [-0.2, -0.15) is 5.10 Å². The topological polar surface area (TPSA) is 91.4 Å². The molecule has 3 rings (SSSR count). The van der Waals surface area contributed by atoms with Crippen LogP contribution in [0.15, 0.2) is 48.8 Å². The predicted octanol–water partition coefficient (Wildman–Crippen LogP) is 3.41. The fraction of sp³-hybridized carbons (Fsp3) is 0. The van der Waals surface area contributed by atoms with Gasteiger partial charge in [0, 0.05) is 11.1 Å². The van der Waals surface area contributed by atoms with Crippen molar-refractivity contribution in [3.63, 3.8) is 0 Å². The molecule has 5 nitrogen and oxygen atoms in total. The number of nitrogens with two attached hydrogens (primary N) is 1. The molecule has 0 spiro atoms. The number of nitrogens with zero attached hydrogens (tertiary/aromatic N) is 2. The maximum atomic E-state index is 14.1. The lowest BCUT2D eigenvalue weighted by Gasteiger charge is -2.08. The molecule has 0 saturated carbocycles. The lowest BCUT2D eigenvalue weighted by molar-refractivity contribution is 0.627. The van der Waals surface area contributed by atoms with Gasteiger partial charge in [-0.25, -0.2) is 13.8 Å². The first-order valence-electron chi connectivity index (χ1n) is 7.02. The minimum absolute atomic E-state index is 0.0251. The van der Waals surface area contributed by atoms with Crippen LogP contribution in [0.3, 0.4) is 0 Å². The molecular weight excluding hydrogens is 312 g/mol. The van der Waals surface area contributed by atoms with E-state index in [1.54, 1.807) is 24.3 Å². The monoisotopic (exact) mass is 325 g/mol. The lowest BCUT2D eigenvalue weighted by Crippen LogP contribution is -2.04. The average molecular weight is 325 g/mol. The molecule has 4 N–H and O–H groups in total. The number of aromatic amines is 1.